The first-order valence-electron chi connectivity index (χ1n) is 12.1. The van der Waals surface area contributed by atoms with Crippen LogP contribution in [0, 0.1) is 12.3 Å². The SMILES string of the molecule is CCOC(C)(C)C1(CCc2cc3ccccc3[nH]2)CCN(C(C)(C)c2ccc(C)nc2)C1. The highest BCUT2D eigenvalue weighted by molar-refractivity contribution is 5.80. The zero-order valence-electron chi connectivity index (χ0n) is 20.7. The molecular weight excluding hydrogens is 394 g/mol. The predicted molar refractivity (Wildman–Crippen MR) is 133 cm³/mol. The van der Waals surface area contributed by atoms with E-state index in [-0.39, 0.29) is 16.6 Å². The number of nitrogens with zero attached hydrogens (tertiary/aromatic N) is 2. The molecule has 2 aromatic heterocycles. The lowest BCUT2D eigenvalue weighted by Gasteiger charge is -2.46. The second-order valence-electron chi connectivity index (χ2n) is 10.5. The van der Waals surface area contributed by atoms with E-state index in [1.54, 1.807) is 0 Å². The van der Waals surface area contributed by atoms with Gasteiger partial charge in [-0.3, -0.25) is 9.88 Å². The van der Waals surface area contributed by atoms with Gasteiger partial charge in [-0.05, 0) is 96.5 Å². The Morgan fingerprint density at radius 3 is 2.59 bits per heavy atom. The zero-order chi connectivity index (χ0) is 23.0. The number of hydrogen-bond acceptors (Lipinski definition) is 3. The third-order valence-corrected chi connectivity index (χ3v) is 8.00. The Balaban J connectivity index is 1.58. The molecule has 1 saturated heterocycles. The van der Waals surface area contributed by atoms with Crippen molar-refractivity contribution < 1.29 is 4.74 Å². The number of pyridine rings is 1. The second kappa shape index (κ2) is 8.64. The molecule has 4 rings (SSSR count). The van der Waals surface area contributed by atoms with Crippen molar-refractivity contribution in [1.82, 2.24) is 14.9 Å². The fourth-order valence-corrected chi connectivity index (χ4v) is 5.51. The Morgan fingerprint density at radius 1 is 1.12 bits per heavy atom. The fraction of sp³-hybridized carbons (Fsp3) is 0.536. The lowest BCUT2D eigenvalue weighted by molar-refractivity contribution is -0.109. The van der Waals surface area contributed by atoms with Crippen LogP contribution in [-0.2, 0) is 16.7 Å². The van der Waals surface area contributed by atoms with Crippen LogP contribution >= 0.6 is 0 Å². The van der Waals surface area contributed by atoms with Gasteiger partial charge < -0.3 is 9.72 Å². The maximum atomic E-state index is 6.40. The summed E-state index contributed by atoms with van der Waals surface area (Å²) in [7, 11) is 0. The first kappa shape index (κ1) is 23.0. The summed E-state index contributed by atoms with van der Waals surface area (Å²) < 4.78 is 6.40. The molecule has 3 heterocycles. The van der Waals surface area contributed by atoms with Crippen molar-refractivity contribution >= 4 is 10.9 Å². The number of para-hydroxylation sites is 1. The van der Waals surface area contributed by atoms with Crippen LogP contribution in [0.4, 0.5) is 0 Å². The third-order valence-electron chi connectivity index (χ3n) is 8.00. The van der Waals surface area contributed by atoms with Crippen molar-refractivity contribution in [2.75, 3.05) is 19.7 Å². The van der Waals surface area contributed by atoms with E-state index < -0.39 is 0 Å². The minimum Gasteiger partial charge on any atom is -0.375 e. The molecule has 0 amide bonds. The highest BCUT2D eigenvalue weighted by Gasteiger charge is 2.52. The maximum absolute atomic E-state index is 6.40. The average molecular weight is 434 g/mol. The van der Waals surface area contributed by atoms with Crippen LogP contribution in [0.15, 0.2) is 48.7 Å². The molecule has 1 N–H and O–H groups in total. The molecule has 172 valence electrons. The minimum atomic E-state index is -0.190. The maximum Gasteiger partial charge on any atom is 0.0695 e. The molecule has 1 unspecified atom stereocenters. The molecule has 4 heteroatoms. The van der Waals surface area contributed by atoms with Crippen LogP contribution in [0.5, 0.6) is 0 Å². The lowest BCUT2D eigenvalue weighted by Crippen LogP contribution is -2.50. The predicted octanol–water partition coefficient (Wildman–Crippen LogP) is 6.25. The Morgan fingerprint density at radius 2 is 1.91 bits per heavy atom. The summed E-state index contributed by atoms with van der Waals surface area (Å²) in [5, 5.41) is 1.29. The first-order chi connectivity index (χ1) is 15.2. The summed E-state index contributed by atoms with van der Waals surface area (Å²) in [6.45, 7) is 16.3. The van der Waals surface area contributed by atoms with Crippen LogP contribution in [0.1, 0.15) is 64.4 Å². The number of H-pyrrole nitrogens is 1. The van der Waals surface area contributed by atoms with Crippen molar-refractivity contribution in [3.8, 4) is 0 Å². The van der Waals surface area contributed by atoms with Gasteiger partial charge in [0.05, 0.1) is 5.60 Å². The monoisotopic (exact) mass is 433 g/mol. The minimum absolute atomic E-state index is 0.0636. The molecule has 4 nitrogen and oxygen atoms in total. The first-order valence-corrected chi connectivity index (χ1v) is 12.1. The molecule has 1 aliphatic heterocycles. The molecule has 3 aromatic rings. The Labute approximate surface area is 193 Å². The molecule has 0 spiro atoms. The number of likely N-dealkylation sites (tertiary alicyclic amines) is 1. The molecule has 0 aliphatic carbocycles. The van der Waals surface area contributed by atoms with Gasteiger partial charge in [0.25, 0.3) is 0 Å². The van der Waals surface area contributed by atoms with Crippen molar-refractivity contribution in [2.24, 2.45) is 5.41 Å². The summed E-state index contributed by atoms with van der Waals surface area (Å²) in [6, 6.07) is 15.2. The van der Waals surface area contributed by atoms with Crippen molar-refractivity contribution in [1.29, 1.82) is 0 Å². The lowest BCUT2D eigenvalue weighted by atomic mass is 9.69. The van der Waals surface area contributed by atoms with Gasteiger partial charge in [0.2, 0.25) is 0 Å². The van der Waals surface area contributed by atoms with E-state index in [1.165, 1.54) is 22.2 Å². The van der Waals surface area contributed by atoms with Crippen LogP contribution < -0.4 is 0 Å². The molecule has 0 radical (unpaired) electrons. The molecule has 1 aromatic carbocycles. The van der Waals surface area contributed by atoms with Gasteiger partial charge in [-0.25, -0.2) is 0 Å². The summed E-state index contributed by atoms with van der Waals surface area (Å²) in [4.78, 5) is 10.8. The zero-order valence-corrected chi connectivity index (χ0v) is 20.7. The Kier molecular flexibility index (Phi) is 6.21. The summed E-state index contributed by atoms with van der Waals surface area (Å²) in [5.74, 6) is 0. The Bertz CT molecular complexity index is 1020. The number of aromatic amines is 1. The van der Waals surface area contributed by atoms with Gasteiger partial charge in [0.1, 0.15) is 0 Å². The molecular formula is C28H39N3O. The van der Waals surface area contributed by atoms with E-state index >= 15 is 0 Å². The number of rotatable bonds is 8. The van der Waals surface area contributed by atoms with E-state index in [4.69, 9.17) is 4.74 Å². The normalized spacial score (nSPS) is 20.3. The topological polar surface area (TPSA) is 41.1 Å². The van der Waals surface area contributed by atoms with E-state index in [0.29, 0.717) is 0 Å². The number of benzene rings is 1. The largest absolute Gasteiger partial charge is 0.375 e. The van der Waals surface area contributed by atoms with Crippen LogP contribution in [0.3, 0.4) is 0 Å². The highest BCUT2D eigenvalue weighted by Crippen LogP contribution is 2.49. The molecule has 0 bridgehead atoms. The van der Waals surface area contributed by atoms with Crippen LogP contribution in [0.25, 0.3) is 10.9 Å². The number of aryl methyl sites for hydroxylation is 2. The van der Waals surface area contributed by atoms with Crippen molar-refractivity contribution in [2.45, 2.75) is 71.9 Å². The van der Waals surface area contributed by atoms with Gasteiger partial charge in [-0.1, -0.05) is 24.3 Å². The fourth-order valence-electron chi connectivity index (χ4n) is 5.51. The van der Waals surface area contributed by atoms with E-state index in [9.17, 15) is 0 Å². The average Bonchev–Trinajstić information content (AvgIpc) is 3.38. The number of ether oxygens (including phenoxy) is 1. The standard InChI is InChI=1S/C28H39N3O/c1-7-32-27(5,6)28(15-14-24-18-22-10-8-9-11-25(22)30-24)16-17-31(20-28)26(3,4)23-13-12-21(2)29-19-23/h8-13,18-19,30H,7,14-17,20H2,1-6H3. The van der Waals surface area contributed by atoms with Gasteiger partial charge in [0, 0.05) is 47.2 Å². The highest BCUT2D eigenvalue weighted by atomic mass is 16.5. The summed E-state index contributed by atoms with van der Waals surface area (Å²) >= 11 is 0. The summed E-state index contributed by atoms with van der Waals surface area (Å²) in [6.07, 6.45) is 5.33. The Hall–Kier alpha value is -2.17. The molecule has 0 saturated carbocycles. The van der Waals surface area contributed by atoms with Gasteiger partial charge in [-0.15, -0.1) is 0 Å². The molecule has 1 atom stereocenters. The number of fused-ring (bicyclic) bond motifs is 1. The van der Waals surface area contributed by atoms with Gasteiger partial charge in [0.15, 0.2) is 0 Å². The van der Waals surface area contributed by atoms with E-state index in [0.717, 1.165) is 44.7 Å². The summed E-state index contributed by atoms with van der Waals surface area (Å²) in [5.41, 5.74) is 4.73. The molecule has 1 fully saturated rings. The van der Waals surface area contributed by atoms with Crippen molar-refractivity contribution in [3.63, 3.8) is 0 Å². The quantitative estimate of drug-likeness (QED) is 0.457. The second-order valence-corrected chi connectivity index (χ2v) is 10.5. The third kappa shape index (κ3) is 4.23. The van der Waals surface area contributed by atoms with Gasteiger partial charge in [-0.2, -0.15) is 0 Å². The molecule has 32 heavy (non-hydrogen) atoms. The van der Waals surface area contributed by atoms with E-state index in [1.807, 2.05) is 13.1 Å². The number of nitrogens with one attached hydrogen (secondary N) is 1. The smallest absolute Gasteiger partial charge is 0.0695 e. The van der Waals surface area contributed by atoms with Gasteiger partial charge >= 0.3 is 0 Å². The number of aromatic nitrogens is 2. The van der Waals surface area contributed by atoms with Crippen LogP contribution in [-0.4, -0.2) is 40.2 Å². The van der Waals surface area contributed by atoms with Crippen LogP contribution in [0.2, 0.25) is 0 Å². The number of hydrogen-bond donors (Lipinski definition) is 1. The molecule has 1 aliphatic rings. The van der Waals surface area contributed by atoms with Crippen molar-refractivity contribution in [3.05, 3.63) is 65.6 Å². The van der Waals surface area contributed by atoms with E-state index in [2.05, 4.69) is 92.0 Å².